The van der Waals surface area contributed by atoms with Crippen LogP contribution in [0.25, 0.3) is 6.08 Å². The number of aromatic hydroxyl groups is 1. The first kappa shape index (κ1) is 31.7. The zero-order chi connectivity index (χ0) is 31.9. The Morgan fingerprint density at radius 3 is 2.25 bits per heavy atom. The lowest BCUT2D eigenvalue weighted by molar-refractivity contribution is -0.197. The lowest BCUT2D eigenvalue weighted by Crippen LogP contribution is -2.63. The molecule has 0 aromatic heterocycles. The van der Waals surface area contributed by atoms with Crippen molar-refractivity contribution in [1.82, 2.24) is 0 Å². The Morgan fingerprint density at radius 1 is 0.864 bits per heavy atom. The van der Waals surface area contributed by atoms with Crippen LogP contribution in [0, 0.1) is 50.2 Å². The smallest absolute Gasteiger partial charge is 0.331 e. The van der Waals surface area contributed by atoms with Gasteiger partial charge in [0.1, 0.15) is 6.10 Å². The molecule has 0 heterocycles. The maximum absolute atomic E-state index is 13.1. The van der Waals surface area contributed by atoms with E-state index in [0.29, 0.717) is 33.8 Å². The van der Waals surface area contributed by atoms with Crippen LogP contribution < -0.4 is 4.74 Å². The number of allylic oxidation sites excluding steroid dienone is 2. The van der Waals surface area contributed by atoms with Gasteiger partial charge in [-0.2, -0.15) is 0 Å². The molecule has 4 saturated carbocycles. The number of phenolic OH excluding ortho intramolecular Hbond substituents is 1. The number of phenols is 1. The summed E-state index contributed by atoms with van der Waals surface area (Å²) >= 11 is 0. The van der Waals surface area contributed by atoms with Crippen LogP contribution in [-0.4, -0.2) is 24.3 Å². The van der Waals surface area contributed by atoms with Crippen molar-refractivity contribution in [2.45, 2.75) is 126 Å². The molecule has 1 N–H and O–H groups in total. The fourth-order valence-corrected chi connectivity index (χ4v) is 12.2. The van der Waals surface area contributed by atoms with E-state index in [0.717, 1.165) is 24.3 Å². The summed E-state index contributed by atoms with van der Waals surface area (Å²) in [5.41, 5.74) is 4.23. The third-order valence-electron chi connectivity index (χ3n) is 14.6. The molecular formula is C40H58O4. The highest BCUT2D eigenvalue weighted by atomic mass is 16.5. The quantitative estimate of drug-likeness (QED) is 0.212. The van der Waals surface area contributed by atoms with E-state index in [9.17, 15) is 9.90 Å². The monoisotopic (exact) mass is 602 g/mol. The minimum atomic E-state index is -0.293. The standard InChI is InChI=1S/C40H58O4/c1-35(2)22-23-37(5)18-14-30-39(7)19-15-29-36(3,4)33(44-34(42)13-11-26-10-12-27(41)28(24-26)43-9)17-21-38(29,6)31(39)16-20-40(30,8)32(37)25-35/h10-14,24,29,31-33,41H,15-23,25H2,1-9H3/b13-11+/t29-,31+,32+,33+,37-,38-,39-,40+/m0/s1. The predicted molar refractivity (Wildman–Crippen MR) is 178 cm³/mol. The summed E-state index contributed by atoms with van der Waals surface area (Å²) in [6, 6.07) is 5.07. The molecule has 0 aliphatic heterocycles. The topological polar surface area (TPSA) is 55.8 Å². The van der Waals surface area contributed by atoms with Crippen LogP contribution in [0.15, 0.2) is 35.9 Å². The molecule has 8 atom stereocenters. The second kappa shape index (κ2) is 10.4. The molecule has 5 aliphatic carbocycles. The zero-order valence-electron chi connectivity index (χ0n) is 29.0. The Labute approximate surface area is 267 Å². The summed E-state index contributed by atoms with van der Waals surface area (Å²) in [5, 5.41) is 9.89. The van der Waals surface area contributed by atoms with Crippen molar-refractivity contribution < 1.29 is 19.4 Å². The van der Waals surface area contributed by atoms with E-state index < -0.39 is 0 Å². The number of rotatable bonds is 4. The van der Waals surface area contributed by atoms with E-state index in [4.69, 9.17) is 9.47 Å². The van der Waals surface area contributed by atoms with Crippen molar-refractivity contribution in [2.24, 2.45) is 50.2 Å². The molecular weight excluding hydrogens is 544 g/mol. The lowest BCUT2D eigenvalue weighted by Gasteiger charge is -2.70. The van der Waals surface area contributed by atoms with E-state index >= 15 is 0 Å². The van der Waals surface area contributed by atoms with Gasteiger partial charge in [-0.1, -0.05) is 73.1 Å². The molecule has 0 amide bonds. The molecule has 4 heteroatoms. The maximum Gasteiger partial charge on any atom is 0.331 e. The molecule has 0 unspecified atom stereocenters. The fraction of sp³-hybridized carbons (Fsp3) is 0.725. The minimum absolute atomic E-state index is 0.0848. The van der Waals surface area contributed by atoms with Gasteiger partial charge in [0, 0.05) is 11.5 Å². The second-order valence-corrected chi connectivity index (χ2v) is 18.0. The molecule has 0 bridgehead atoms. The first-order valence-electron chi connectivity index (χ1n) is 17.5. The van der Waals surface area contributed by atoms with Gasteiger partial charge in [-0.15, -0.1) is 0 Å². The Hall–Kier alpha value is -2.23. The Kier molecular flexibility index (Phi) is 7.50. The Morgan fingerprint density at radius 2 is 1.55 bits per heavy atom. The van der Waals surface area contributed by atoms with Crippen LogP contribution in [0.1, 0.15) is 125 Å². The van der Waals surface area contributed by atoms with E-state index in [-0.39, 0.29) is 34.1 Å². The molecule has 4 fully saturated rings. The predicted octanol–water partition coefficient (Wildman–Crippen LogP) is 10.1. The summed E-state index contributed by atoms with van der Waals surface area (Å²) in [4.78, 5) is 13.1. The van der Waals surface area contributed by atoms with Crippen LogP contribution >= 0.6 is 0 Å². The van der Waals surface area contributed by atoms with Crippen molar-refractivity contribution in [3.05, 3.63) is 41.5 Å². The number of benzene rings is 1. The molecule has 1 aromatic rings. The van der Waals surface area contributed by atoms with Gasteiger partial charge in [0.15, 0.2) is 11.5 Å². The Balaban J connectivity index is 1.21. The Bertz CT molecular complexity index is 1370. The molecule has 5 aliphatic rings. The van der Waals surface area contributed by atoms with Crippen molar-refractivity contribution in [3.8, 4) is 11.5 Å². The molecule has 44 heavy (non-hydrogen) atoms. The zero-order valence-corrected chi connectivity index (χ0v) is 29.0. The molecule has 4 nitrogen and oxygen atoms in total. The number of esters is 1. The maximum atomic E-state index is 13.1. The molecule has 0 spiro atoms. The van der Waals surface area contributed by atoms with Gasteiger partial charge >= 0.3 is 5.97 Å². The highest BCUT2D eigenvalue weighted by molar-refractivity contribution is 5.87. The number of carbonyl (C=O) groups excluding carboxylic acids is 1. The number of ether oxygens (including phenoxy) is 2. The van der Waals surface area contributed by atoms with Crippen LogP contribution in [0.3, 0.4) is 0 Å². The highest BCUT2D eigenvalue weighted by Crippen LogP contribution is 2.75. The lowest BCUT2D eigenvalue weighted by atomic mass is 9.34. The van der Waals surface area contributed by atoms with Crippen LogP contribution in [0.4, 0.5) is 0 Å². The average Bonchev–Trinajstić information content (AvgIpc) is 2.94. The van der Waals surface area contributed by atoms with Crippen LogP contribution in [-0.2, 0) is 9.53 Å². The van der Waals surface area contributed by atoms with Gasteiger partial charge in [-0.3, -0.25) is 0 Å². The second-order valence-electron chi connectivity index (χ2n) is 18.0. The van der Waals surface area contributed by atoms with Gasteiger partial charge in [0.25, 0.3) is 0 Å². The molecule has 242 valence electrons. The average molecular weight is 603 g/mol. The van der Waals surface area contributed by atoms with Crippen molar-refractivity contribution in [3.63, 3.8) is 0 Å². The number of hydrogen-bond acceptors (Lipinski definition) is 4. The van der Waals surface area contributed by atoms with Gasteiger partial charge in [-0.25, -0.2) is 4.79 Å². The largest absolute Gasteiger partial charge is 0.504 e. The van der Waals surface area contributed by atoms with E-state index in [1.165, 1.54) is 64.6 Å². The SMILES string of the molecule is COc1cc(/C=C/C(=O)O[C@@H]2CC[C@]3(C)[C@H]4CC[C@]5(C)C(=CC[C@@]6(C)CCC(C)(C)C[C@H]65)[C@]4(C)CC[C@H]3C2(C)C)ccc1O. The number of carbonyl (C=O) groups is 1. The van der Waals surface area contributed by atoms with Gasteiger partial charge < -0.3 is 14.6 Å². The fourth-order valence-electron chi connectivity index (χ4n) is 12.2. The summed E-state index contributed by atoms with van der Waals surface area (Å²) in [6.07, 6.45) is 18.4. The molecule has 0 radical (unpaired) electrons. The number of fused-ring (bicyclic) bond motifs is 7. The minimum Gasteiger partial charge on any atom is -0.504 e. The molecule has 6 rings (SSSR count). The van der Waals surface area contributed by atoms with Gasteiger partial charge in [0.05, 0.1) is 7.11 Å². The third-order valence-corrected chi connectivity index (χ3v) is 14.6. The van der Waals surface area contributed by atoms with E-state index in [1.807, 2.05) is 5.57 Å². The first-order chi connectivity index (χ1) is 20.5. The number of hydrogen-bond donors (Lipinski definition) is 1. The van der Waals surface area contributed by atoms with Crippen molar-refractivity contribution in [2.75, 3.05) is 7.11 Å². The van der Waals surface area contributed by atoms with Gasteiger partial charge in [-0.05, 0) is 133 Å². The van der Waals surface area contributed by atoms with Gasteiger partial charge in [0.2, 0.25) is 0 Å². The normalized spacial score (nSPS) is 42.2. The molecule has 0 saturated heterocycles. The van der Waals surface area contributed by atoms with E-state index in [1.54, 1.807) is 24.3 Å². The van der Waals surface area contributed by atoms with Crippen molar-refractivity contribution >= 4 is 12.0 Å². The number of methoxy groups -OCH3 is 1. The van der Waals surface area contributed by atoms with Crippen LogP contribution in [0.5, 0.6) is 11.5 Å². The third kappa shape index (κ3) is 4.79. The molecule has 1 aromatic carbocycles. The summed E-state index contributed by atoms with van der Waals surface area (Å²) in [7, 11) is 1.52. The highest BCUT2D eigenvalue weighted by Gasteiger charge is 2.67. The van der Waals surface area contributed by atoms with E-state index in [2.05, 4.69) is 61.5 Å². The summed E-state index contributed by atoms with van der Waals surface area (Å²) in [6.45, 7) is 20.3. The first-order valence-corrected chi connectivity index (χ1v) is 17.5. The summed E-state index contributed by atoms with van der Waals surface area (Å²) in [5.74, 6) is 2.16. The van der Waals surface area contributed by atoms with Crippen LogP contribution in [0.2, 0.25) is 0 Å². The van der Waals surface area contributed by atoms with Crippen molar-refractivity contribution in [1.29, 1.82) is 0 Å². The summed E-state index contributed by atoms with van der Waals surface area (Å²) < 4.78 is 11.5.